The van der Waals surface area contributed by atoms with Crippen LogP contribution in [0.15, 0.2) is 0 Å². The molecule has 4 unspecified atom stereocenters. The Kier molecular flexibility index (Phi) is 4.25. The highest BCUT2D eigenvalue weighted by Crippen LogP contribution is 2.37. The molecule has 0 aromatic heterocycles. The summed E-state index contributed by atoms with van der Waals surface area (Å²) in [4.78, 5) is 0. The molecule has 2 aliphatic carbocycles. The van der Waals surface area contributed by atoms with E-state index in [2.05, 4.69) is 12.2 Å². The minimum absolute atomic E-state index is 0.563. The van der Waals surface area contributed by atoms with E-state index in [0.29, 0.717) is 6.10 Å². The Bertz CT molecular complexity index is 264. The number of hydrogen-bond acceptors (Lipinski definition) is 2. The maximum absolute atomic E-state index is 6.19. The van der Waals surface area contributed by atoms with Crippen molar-refractivity contribution in [2.75, 3.05) is 13.2 Å². The van der Waals surface area contributed by atoms with E-state index >= 15 is 0 Å². The van der Waals surface area contributed by atoms with E-state index in [1.807, 2.05) is 0 Å². The molecule has 3 aliphatic rings. The van der Waals surface area contributed by atoms with Gasteiger partial charge in [0.05, 0.1) is 6.10 Å². The van der Waals surface area contributed by atoms with Gasteiger partial charge >= 0.3 is 0 Å². The summed E-state index contributed by atoms with van der Waals surface area (Å²) in [6, 6.07) is 0.845. The van der Waals surface area contributed by atoms with Gasteiger partial charge in [0.2, 0.25) is 0 Å². The first-order valence-electron chi connectivity index (χ1n) is 8.18. The molecule has 104 valence electrons. The van der Waals surface area contributed by atoms with Gasteiger partial charge in [0.25, 0.3) is 0 Å². The molecule has 0 aromatic rings. The first kappa shape index (κ1) is 12.9. The topological polar surface area (TPSA) is 21.3 Å². The average Bonchev–Trinajstić information content (AvgIpc) is 3.21. The van der Waals surface area contributed by atoms with Crippen molar-refractivity contribution in [3.8, 4) is 0 Å². The van der Waals surface area contributed by atoms with Gasteiger partial charge in [-0.3, -0.25) is 0 Å². The second kappa shape index (κ2) is 5.92. The fourth-order valence-corrected chi connectivity index (χ4v) is 3.99. The predicted molar refractivity (Wildman–Crippen MR) is 74.6 cm³/mol. The molecule has 2 saturated carbocycles. The van der Waals surface area contributed by atoms with Crippen LogP contribution in [-0.4, -0.2) is 25.3 Å². The SMILES string of the molecule is CC1CCCC(C2OCCCC2CNC2CC2)C1. The molecule has 1 N–H and O–H groups in total. The lowest BCUT2D eigenvalue weighted by molar-refractivity contribution is -0.0720. The first-order valence-corrected chi connectivity index (χ1v) is 8.18. The lowest BCUT2D eigenvalue weighted by atomic mass is 9.74. The van der Waals surface area contributed by atoms with E-state index in [1.165, 1.54) is 57.9 Å². The average molecular weight is 251 g/mol. The monoisotopic (exact) mass is 251 g/mol. The van der Waals surface area contributed by atoms with Crippen LogP contribution in [0, 0.1) is 17.8 Å². The summed E-state index contributed by atoms with van der Waals surface area (Å²) in [5.41, 5.74) is 0. The second-order valence-electron chi connectivity index (χ2n) is 6.95. The zero-order chi connectivity index (χ0) is 12.4. The Morgan fingerprint density at radius 1 is 1.06 bits per heavy atom. The lowest BCUT2D eigenvalue weighted by Gasteiger charge is -2.40. The largest absolute Gasteiger partial charge is 0.378 e. The van der Waals surface area contributed by atoms with Crippen LogP contribution in [0.3, 0.4) is 0 Å². The zero-order valence-corrected chi connectivity index (χ0v) is 11.9. The minimum atomic E-state index is 0.563. The van der Waals surface area contributed by atoms with Gasteiger partial charge in [-0.25, -0.2) is 0 Å². The molecule has 0 radical (unpaired) electrons. The van der Waals surface area contributed by atoms with E-state index in [0.717, 1.165) is 30.4 Å². The van der Waals surface area contributed by atoms with Crippen molar-refractivity contribution < 1.29 is 4.74 Å². The molecular formula is C16H29NO. The van der Waals surface area contributed by atoms with E-state index in [1.54, 1.807) is 0 Å². The number of hydrogen-bond donors (Lipinski definition) is 1. The van der Waals surface area contributed by atoms with E-state index in [4.69, 9.17) is 4.74 Å². The fraction of sp³-hybridized carbons (Fsp3) is 1.00. The number of rotatable bonds is 4. The van der Waals surface area contributed by atoms with E-state index in [-0.39, 0.29) is 0 Å². The fourth-order valence-electron chi connectivity index (χ4n) is 3.99. The Balaban J connectivity index is 1.55. The van der Waals surface area contributed by atoms with Crippen LogP contribution in [0.5, 0.6) is 0 Å². The second-order valence-corrected chi connectivity index (χ2v) is 6.95. The maximum atomic E-state index is 6.19. The maximum Gasteiger partial charge on any atom is 0.0643 e. The van der Waals surface area contributed by atoms with Crippen LogP contribution in [0.25, 0.3) is 0 Å². The van der Waals surface area contributed by atoms with Crippen molar-refractivity contribution in [2.45, 2.75) is 70.4 Å². The van der Waals surface area contributed by atoms with Gasteiger partial charge in [-0.05, 0) is 56.3 Å². The molecule has 18 heavy (non-hydrogen) atoms. The lowest BCUT2D eigenvalue weighted by Crippen LogP contribution is -2.43. The summed E-state index contributed by atoms with van der Waals surface area (Å²) in [6.07, 6.45) is 11.7. The molecule has 4 atom stereocenters. The summed E-state index contributed by atoms with van der Waals surface area (Å²) in [5.74, 6) is 2.56. The van der Waals surface area contributed by atoms with Crippen molar-refractivity contribution in [1.82, 2.24) is 5.32 Å². The molecule has 2 nitrogen and oxygen atoms in total. The Morgan fingerprint density at radius 3 is 2.72 bits per heavy atom. The van der Waals surface area contributed by atoms with Gasteiger partial charge in [-0.15, -0.1) is 0 Å². The van der Waals surface area contributed by atoms with E-state index < -0.39 is 0 Å². The standard InChI is InChI=1S/C16H29NO/c1-12-4-2-5-13(10-12)16-14(6-3-9-18-16)11-17-15-7-8-15/h12-17H,2-11H2,1H3. The molecule has 2 heteroatoms. The summed E-state index contributed by atoms with van der Waals surface area (Å²) >= 11 is 0. The highest BCUT2D eigenvalue weighted by molar-refractivity contribution is 4.88. The molecule has 3 fully saturated rings. The third-order valence-corrected chi connectivity index (χ3v) is 5.18. The highest BCUT2D eigenvalue weighted by atomic mass is 16.5. The summed E-state index contributed by atoms with van der Waals surface area (Å²) in [7, 11) is 0. The zero-order valence-electron chi connectivity index (χ0n) is 11.9. The van der Waals surface area contributed by atoms with Crippen molar-refractivity contribution in [3.05, 3.63) is 0 Å². The number of nitrogens with one attached hydrogen (secondary N) is 1. The molecular weight excluding hydrogens is 222 g/mol. The summed E-state index contributed by atoms with van der Waals surface area (Å²) in [6.45, 7) is 4.64. The molecule has 1 saturated heterocycles. The van der Waals surface area contributed by atoms with Crippen LogP contribution >= 0.6 is 0 Å². The normalized spacial score (nSPS) is 41.8. The number of ether oxygens (including phenoxy) is 1. The quantitative estimate of drug-likeness (QED) is 0.827. The van der Waals surface area contributed by atoms with Gasteiger partial charge < -0.3 is 10.1 Å². The van der Waals surface area contributed by atoms with Gasteiger partial charge in [0.1, 0.15) is 0 Å². The van der Waals surface area contributed by atoms with E-state index in [9.17, 15) is 0 Å². The van der Waals surface area contributed by atoms with Crippen LogP contribution < -0.4 is 5.32 Å². The van der Waals surface area contributed by atoms with Crippen LogP contribution in [0.1, 0.15) is 58.3 Å². The smallest absolute Gasteiger partial charge is 0.0643 e. The van der Waals surface area contributed by atoms with Gasteiger partial charge in [0.15, 0.2) is 0 Å². The Hall–Kier alpha value is -0.0800. The first-order chi connectivity index (χ1) is 8.83. The summed E-state index contributed by atoms with van der Waals surface area (Å²) in [5, 5.41) is 3.73. The molecule has 3 rings (SSSR count). The van der Waals surface area contributed by atoms with Crippen LogP contribution in [0.2, 0.25) is 0 Å². The molecule has 0 bridgehead atoms. The third-order valence-electron chi connectivity index (χ3n) is 5.18. The van der Waals surface area contributed by atoms with Gasteiger partial charge in [0, 0.05) is 19.2 Å². The minimum Gasteiger partial charge on any atom is -0.378 e. The summed E-state index contributed by atoms with van der Waals surface area (Å²) < 4.78 is 6.19. The molecule has 1 aliphatic heterocycles. The van der Waals surface area contributed by atoms with Crippen molar-refractivity contribution in [2.24, 2.45) is 17.8 Å². The van der Waals surface area contributed by atoms with Crippen molar-refractivity contribution >= 4 is 0 Å². The van der Waals surface area contributed by atoms with Crippen molar-refractivity contribution in [3.63, 3.8) is 0 Å². The van der Waals surface area contributed by atoms with Crippen LogP contribution in [-0.2, 0) is 4.74 Å². The molecule has 0 amide bonds. The molecule has 1 heterocycles. The molecule has 0 spiro atoms. The highest BCUT2D eigenvalue weighted by Gasteiger charge is 2.35. The van der Waals surface area contributed by atoms with Crippen molar-refractivity contribution in [1.29, 1.82) is 0 Å². The molecule has 0 aromatic carbocycles. The third kappa shape index (κ3) is 3.27. The Morgan fingerprint density at radius 2 is 1.94 bits per heavy atom. The Labute approximate surface area is 112 Å². The van der Waals surface area contributed by atoms with Gasteiger partial charge in [-0.1, -0.05) is 19.8 Å². The van der Waals surface area contributed by atoms with Crippen LogP contribution in [0.4, 0.5) is 0 Å². The van der Waals surface area contributed by atoms with Gasteiger partial charge in [-0.2, -0.15) is 0 Å². The predicted octanol–water partition coefficient (Wildman–Crippen LogP) is 3.36.